The number of sulfonamides is 1. The zero-order valence-electron chi connectivity index (χ0n) is 15.4. The van der Waals surface area contributed by atoms with Gasteiger partial charge in [0.2, 0.25) is 15.9 Å². The van der Waals surface area contributed by atoms with E-state index in [1.54, 1.807) is 12.1 Å². The van der Waals surface area contributed by atoms with Crippen LogP contribution in [0.4, 0.5) is 0 Å². The monoisotopic (exact) mass is 398 g/mol. The lowest BCUT2D eigenvalue weighted by atomic mass is 10.1. The molecule has 0 aliphatic carbocycles. The van der Waals surface area contributed by atoms with Crippen molar-refractivity contribution in [3.05, 3.63) is 65.2 Å². The molecule has 7 nitrogen and oxygen atoms in total. The van der Waals surface area contributed by atoms with Gasteiger partial charge in [-0.15, -0.1) is 0 Å². The smallest absolute Gasteiger partial charge is 0.248 e. The van der Waals surface area contributed by atoms with Crippen LogP contribution in [0.15, 0.2) is 53.4 Å². The number of nitrogens with two attached hydrogens (primary N) is 1. The third kappa shape index (κ3) is 4.57. The molecule has 0 spiro atoms. The van der Waals surface area contributed by atoms with Crippen molar-refractivity contribution in [2.24, 2.45) is 5.73 Å². The van der Waals surface area contributed by atoms with Crippen molar-refractivity contribution < 1.29 is 13.2 Å². The Bertz CT molecular complexity index is 980. The van der Waals surface area contributed by atoms with Gasteiger partial charge < -0.3 is 5.73 Å². The van der Waals surface area contributed by atoms with Gasteiger partial charge >= 0.3 is 0 Å². The molecule has 1 aliphatic heterocycles. The molecule has 0 saturated carbocycles. The fourth-order valence-electron chi connectivity index (χ4n) is 3.23. The standard InChI is InChI=1S/C20H22N4O3S/c21-14-16-2-4-17(5-3-16)15-23-10-1-11-24(13-12-23)28(26,27)19-8-6-18(7-9-19)20(22)25/h2-9H,1,10-13,15H2,(H2,22,25). The van der Waals surface area contributed by atoms with Gasteiger partial charge in [-0.1, -0.05) is 12.1 Å². The number of benzene rings is 2. The molecule has 0 radical (unpaired) electrons. The first kappa shape index (κ1) is 20.0. The molecule has 0 aromatic heterocycles. The van der Waals surface area contributed by atoms with Crippen LogP contribution in [0.25, 0.3) is 0 Å². The van der Waals surface area contributed by atoms with E-state index in [2.05, 4.69) is 11.0 Å². The summed E-state index contributed by atoms with van der Waals surface area (Å²) in [6.45, 7) is 2.98. The van der Waals surface area contributed by atoms with Crippen molar-refractivity contribution in [2.75, 3.05) is 26.2 Å². The summed E-state index contributed by atoms with van der Waals surface area (Å²) in [6, 6.07) is 15.3. The summed E-state index contributed by atoms with van der Waals surface area (Å²) in [4.78, 5) is 13.6. The Kier molecular flexibility index (Phi) is 6.09. The summed E-state index contributed by atoms with van der Waals surface area (Å²) in [5.41, 5.74) is 7.21. The fraction of sp³-hybridized carbons (Fsp3) is 0.300. The number of hydrogen-bond acceptors (Lipinski definition) is 5. The van der Waals surface area contributed by atoms with Crippen LogP contribution in [0, 0.1) is 11.3 Å². The van der Waals surface area contributed by atoms with Crippen molar-refractivity contribution in [1.82, 2.24) is 9.21 Å². The first-order chi connectivity index (χ1) is 13.4. The van der Waals surface area contributed by atoms with Crippen LogP contribution in [0.3, 0.4) is 0 Å². The van der Waals surface area contributed by atoms with Crippen LogP contribution in [-0.2, 0) is 16.6 Å². The first-order valence-corrected chi connectivity index (χ1v) is 10.5. The largest absolute Gasteiger partial charge is 0.366 e. The number of primary amides is 1. The predicted molar refractivity (Wildman–Crippen MR) is 105 cm³/mol. The second-order valence-corrected chi connectivity index (χ2v) is 8.67. The minimum atomic E-state index is -3.61. The van der Waals surface area contributed by atoms with Gasteiger partial charge in [0.05, 0.1) is 16.5 Å². The third-order valence-corrected chi connectivity index (χ3v) is 6.73. The van der Waals surface area contributed by atoms with Crippen LogP contribution >= 0.6 is 0 Å². The minimum Gasteiger partial charge on any atom is -0.366 e. The lowest BCUT2D eigenvalue weighted by Gasteiger charge is -2.22. The molecule has 1 saturated heterocycles. The van der Waals surface area contributed by atoms with E-state index >= 15 is 0 Å². The van der Waals surface area contributed by atoms with Crippen molar-refractivity contribution >= 4 is 15.9 Å². The minimum absolute atomic E-state index is 0.165. The molecule has 1 fully saturated rings. The van der Waals surface area contributed by atoms with Crippen molar-refractivity contribution in [3.8, 4) is 6.07 Å². The van der Waals surface area contributed by atoms with Gasteiger partial charge in [0.15, 0.2) is 0 Å². The van der Waals surface area contributed by atoms with E-state index in [0.717, 1.165) is 18.5 Å². The van der Waals surface area contributed by atoms with Crippen LogP contribution in [0.1, 0.15) is 27.9 Å². The highest BCUT2D eigenvalue weighted by atomic mass is 32.2. The molecule has 0 unspecified atom stereocenters. The van der Waals surface area contributed by atoms with Gasteiger partial charge in [-0.2, -0.15) is 9.57 Å². The average molecular weight is 398 g/mol. The maximum Gasteiger partial charge on any atom is 0.248 e. The highest BCUT2D eigenvalue weighted by molar-refractivity contribution is 7.89. The predicted octanol–water partition coefficient (Wildman–Crippen LogP) is 1.55. The highest BCUT2D eigenvalue weighted by Crippen LogP contribution is 2.19. The number of nitrogens with zero attached hydrogens (tertiary/aromatic N) is 3. The third-order valence-electron chi connectivity index (χ3n) is 4.81. The van der Waals surface area contributed by atoms with E-state index < -0.39 is 15.9 Å². The highest BCUT2D eigenvalue weighted by Gasteiger charge is 2.27. The van der Waals surface area contributed by atoms with Crippen LogP contribution in [-0.4, -0.2) is 49.7 Å². The van der Waals surface area contributed by atoms with Crippen LogP contribution in [0.5, 0.6) is 0 Å². The number of hydrogen-bond donors (Lipinski definition) is 1. The van der Waals surface area contributed by atoms with Crippen molar-refractivity contribution in [2.45, 2.75) is 17.9 Å². The lowest BCUT2D eigenvalue weighted by Crippen LogP contribution is -2.35. The van der Waals surface area contributed by atoms with E-state index in [0.29, 0.717) is 31.7 Å². The second kappa shape index (κ2) is 8.52. The summed E-state index contributed by atoms with van der Waals surface area (Å²) in [6.07, 6.45) is 0.731. The molecule has 146 valence electrons. The maximum absolute atomic E-state index is 12.9. The van der Waals surface area contributed by atoms with Gasteiger partial charge in [0.1, 0.15) is 0 Å². The Morgan fingerprint density at radius 1 is 1.00 bits per heavy atom. The average Bonchev–Trinajstić information content (AvgIpc) is 2.95. The summed E-state index contributed by atoms with van der Waals surface area (Å²) < 4.78 is 27.3. The number of carbonyl (C=O) groups excluding carboxylic acids is 1. The first-order valence-electron chi connectivity index (χ1n) is 9.01. The van der Waals surface area contributed by atoms with E-state index in [1.165, 1.54) is 28.6 Å². The second-order valence-electron chi connectivity index (χ2n) is 6.73. The number of nitriles is 1. The van der Waals surface area contributed by atoms with E-state index in [4.69, 9.17) is 11.0 Å². The SMILES string of the molecule is N#Cc1ccc(CN2CCCN(S(=O)(=O)c3ccc(C(N)=O)cc3)CC2)cc1. The Hall–Kier alpha value is -2.73. The molecule has 1 heterocycles. The Labute approximate surface area is 165 Å². The Morgan fingerprint density at radius 3 is 2.29 bits per heavy atom. The number of rotatable bonds is 5. The molecule has 2 aromatic rings. The molecule has 0 atom stereocenters. The van der Waals surface area contributed by atoms with E-state index in [-0.39, 0.29) is 10.5 Å². The lowest BCUT2D eigenvalue weighted by molar-refractivity contribution is 0.1000. The van der Waals surface area contributed by atoms with Gasteiger partial charge in [0, 0.05) is 31.7 Å². The van der Waals surface area contributed by atoms with E-state index in [9.17, 15) is 13.2 Å². The molecule has 8 heteroatoms. The topological polar surface area (TPSA) is 108 Å². The molecule has 3 rings (SSSR count). The van der Waals surface area contributed by atoms with Crippen molar-refractivity contribution in [3.63, 3.8) is 0 Å². The normalized spacial score (nSPS) is 16.2. The number of amides is 1. The van der Waals surface area contributed by atoms with Gasteiger partial charge in [-0.05, 0) is 54.9 Å². The Morgan fingerprint density at radius 2 is 1.68 bits per heavy atom. The summed E-state index contributed by atoms with van der Waals surface area (Å²) in [5.74, 6) is -0.586. The van der Waals surface area contributed by atoms with Gasteiger partial charge in [-0.3, -0.25) is 9.69 Å². The molecule has 28 heavy (non-hydrogen) atoms. The molecular weight excluding hydrogens is 376 g/mol. The van der Waals surface area contributed by atoms with Gasteiger partial charge in [-0.25, -0.2) is 8.42 Å². The van der Waals surface area contributed by atoms with Crippen LogP contribution in [0.2, 0.25) is 0 Å². The van der Waals surface area contributed by atoms with Crippen LogP contribution < -0.4 is 5.73 Å². The zero-order valence-corrected chi connectivity index (χ0v) is 16.2. The molecule has 1 amide bonds. The summed E-state index contributed by atoms with van der Waals surface area (Å²) in [7, 11) is -3.61. The fourth-order valence-corrected chi connectivity index (χ4v) is 4.70. The maximum atomic E-state index is 12.9. The van der Waals surface area contributed by atoms with Gasteiger partial charge in [0.25, 0.3) is 0 Å². The zero-order chi connectivity index (χ0) is 20.1. The molecular formula is C20H22N4O3S. The summed E-state index contributed by atoms with van der Waals surface area (Å²) >= 11 is 0. The quantitative estimate of drug-likeness (QED) is 0.822. The molecule has 2 aromatic carbocycles. The Balaban J connectivity index is 1.66. The molecule has 0 bridgehead atoms. The summed E-state index contributed by atoms with van der Waals surface area (Å²) in [5, 5.41) is 8.88. The molecule has 2 N–H and O–H groups in total. The van der Waals surface area contributed by atoms with E-state index in [1.807, 2.05) is 12.1 Å². The van der Waals surface area contributed by atoms with Crippen molar-refractivity contribution in [1.29, 1.82) is 5.26 Å². The molecule has 1 aliphatic rings. The number of carbonyl (C=O) groups is 1.